The van der Waals surface area contributed by atoms with Crippen LogP contribution in [0.15, 0.2) is 18.2 Å². The van der Waals surface area contributed by atoms with Crippen LogP contribution in [-0.2, 0) is 4.79 Å². The second-order valence-electron chi connectivity index (χ2n) is 4.25. The SMILES string of the molecule is CC(=O)NCCC(O)C(O)c1ccc([N+](=O)[O-])c(F)c1. The highest BCUT2D eigenvalue weighted by molar-refractivity contribution is 5.72. The van der Waals surface area contributed by atoms with Crippen molar-refractivity contribution in [3.05, 3.63) is 39.7 Å². The summed E-state index contributed by atoms with van der Waals surface area (Å²) in [6.45, 7) is 1.47. The number of aliphatic hydroxyl groups excluding tert-OH is 2. The van der Waals surface area contributed by atoms with Crippen molar-refractivity contribution in [3.8, 4) is 0 Å². The fraction of sp³-hybridized carbons (Fsp3) is 0.417. The van der Waals surface area contributed by atoms with E-state index in [9.17, 15) is 29.5 Å². The van der Waals surface area contributed by atoms with E-state index < -0.39 is 28.6 Å². The summed E-state index contributed by atoms with van der Waals surface area (Å²) in [5.41, 5.74) is -0.669. The Bertz CT molecular complexity index is 509. The van der Waals surface area contributed by atoms with Gasteiger partial charge in [0.25, 0.3) is 0 Å². The minimum Gasteiger partial charge on any atom is -0.390 e. The largest absolute Gasteiger partial charge is 0.390 e. The van der Waals surface area contributed by atoms with Gasteiger partial charge in [0.05, 0.1) is 11.0 Å². The Balaban J connectivity index is 2.71. The van der Waals surface area contributed by atoms with E-state index in [1.807, 2.05) is 0 Å². The topological polar surface area (TPSA) is 113 Å². The average molecular weight is 286 g/mol. The molecular formula is C12H15FN2O5. The zero-order chi connectivity index (χ0) is 15.3. The Morgan fingerprint density at radius 3 is 2.65 bits per heavy atom. The van der Waals surface area contributed by atoms with Gasteiger partial charge in [-0.1, -0.05) is 0 Å². The number of benzene rings is 1. The van der Waals surface area contributed by atoms with Crippen LogP contribution in [0.25, 0.3) is 0 Å². The lowest BCUT2D eigenvalue weighted by Gasteiger charge is -2.18. The maximum Gasteiger partial charge on any atom is 0.304 e. The number of nitro groups is 1. The number of rotatable bonds is 6. The normalized spacial score (nSPS) is 13.6. The van der Waals surface area contributed by atoms with Crippen molar-refractivity contribution in [1.29, 1.82) is 0 Å². The van der Waals surface area contributed by atoms with Crippen LogP contribution >= 0.6 is 0 Å². The molecule has 110 valence electrons. The number of halogens is 1. The smallest absolute Gasteiger partial charge is 0.304 e. The van der Waals surface area contributed by atoms with E-state index in [2.05, 4.69) is 5.32 Å². The van der Waals surface area contributed by atoms with Gasteiger partial charge in [-0.2, -0.15) is 4.39 Å². The molecule has 1 aromatic rings. The Kier molecular flexibility index (Phi) is 5.53. The molecule has 0 heterocycles. The summed E-state index contributed by atoms with van der Waals surface area (Å²) in [6, 6.07) is 2.91. The summed E-state index contributed by atoms with van der Waals surface area (Å²) < 4.78 is 13.4. The van der Waals surface area contributed by atoms with Gasteiger partial charge < -0.3 is 15.5 Å². The molecule has 1 amide bonds. The molecule has 0 aliphatic carbocycles. The van der Waals surface area contributed by atoms with E-state index in [-0.39, 0.29) is 24.4 Å². The Morgan fingerprint density at radius 2 is 2.15 bits per heavy atom. The molecule has 0 fully saturated rings. The molecule has 0 aliphatic heterocycles. The molecule has 2 atom stereocenters. The molecule has 0 aliphatic rings. The molecule has 1 rings (SSSR count). The lowest BCUT2D eigenvalue weighted by molar-refractivity contribution is -0.387. The molecule has 0 saturated carbocycles. The minimum absolute atomic E-state index is 0.0309. The number of amides is 1. The van der Waals surface area contributed by atoms with Crippen LogP contribution in [0, 0.1) is 15.9 Å². The predicted octanol–water partition coefficient (Wildman–Crippen LogP) is 0.654. The highest BCUT2D eigenvalue weighted by Crippen LogP contribution is 2.24. The average Bonchev–Trinajstić information content (AvgIpc) is 2.36. The van der Waals surface area contributed by atoms with Crippen LogP contribution in [0.4, 0.5) is 10.1 Å². The highest BCUT2D eigenvalue weighted by Gasteiger charge is 2.22. The molecule has 0 bridgehead atoms. The standard InChI is InChI=1S/C12H15FN2O5/c1-7(16)14-5-4-11(17)12(18)8-2-3-10(15(19)20)9(13)6-8/h2-3,6,11-12,17-18H,4-5H2,1H3,(H,14,16). The van der Waals surface area contributed by atoms with E-state index in [1.54, 1.807) is 0 Å². The van der Waals surface area contributed by atoms with Gasteiger partial charge in [0.2, 0.25) is 11.7 Å². The first kappa shape index (κ1) is 16.0. The van der Waals surface area contributed by atoms with E-state index in [0.29, 0.717) is 0 Å². The molecule has 0 spiro atoms. The molecule has 8 heteroatoms. The zero-order valence-corrected chi connectivity index (χ0v) is 10.7. The molecule has 3 N–H and O–H groups in total. The second kappa shape index (κ2) is 6.92. The van der Waals surface area contributed by atoms with Gasteiger partial charge in [-0.3, -0.25) is 14.9 Å². The lowest BCUT2D eigenvalue weighted by Crippen LogP contribution is -2.27. The van der Waals surface area contributed by atoms with Gasteiger partial charge >= 0.3 is 5.69 Å². The summed E-state index contributed by atoms with van der Waals surface area (Å²) in [4.78, 5) is 20.2. The summed E-state index contributed by atoms with van der Waals surface area (Å²) in [5.74, 6) is -1.35. The number of carbonyl (C=O) groups is 1. The van der Waals surface area contributed by atoms with Gasteiger partial charge in [0.1, 0.15) is 6.10 Å². The molecule has 0 radical (unpaired) electrons. The molecule has 7 nitrogen and oxygen atoms in total. The number of aliphatic hydroxyl groups is 2. The monoisotopic (exact) mass is 286 g/mol. The molecule has 2 unspecified atom stereocenters. The molecule has 20 heavy (non-hydrogen) atoms. The fourth-order valence-electron chi connectivity index (χ4n) is 1.63. The van der Waals surface area contributed by atoms with Gasteiger partial charge in [0.15, 0.2) is 0 Å². The van der Waals surface area contributed by atoms with Crippen molar-refractivity contribution in [2.24, 2.45) is 0 Å². The van der Waals surface area contributed by atoms with Crippen molar-refractivity contribution >= 4 is 11.6 Å². The number of hydrogen-bond acceptors (Lipinski definition) is 5. The van der Waals surface area contributed by atoms with Crippen LogP contribution in [-0.4, -0.2) is 33.7 Å². The first-order chi connectivity index (χ1) is 9.32. The van der Waals surface area contributed by atoms with Crippen molar-refractivity contribution in [3.63, 3.8) is 0 Å². The van der Waals surface area contributed by atoms with E-state index in [0.717, 1.165) is 12.1 Å². The third kappa shape index (κ3) is 4.25. The Hall–Kier alpha value is -2.06. The minimum atomic E-state index is -1.39. The highest BCUT2D eigenvalue weighted by atomic mass is 19.1. The van der Waals surface area contributed by atoms with Crippen molar-refractivity contribution < 1.29 is 24.3 Å². The summed E-state index contributed by atoms with van der Waals surface area (Å²) >= 11 is 0. The van der Waals surface area contributed by atoms with Gasteiger partial charge in [0, 0.05) is 19.5 Å². The van der Waals surface area contributed by atoms with Gasteiger partial charge in [-0.05, 0) is 24.1 Å². The zero-order valence-electron chi connectivity index (χ0n) is 10.7. The maximum atomic E-state index is 13.4. The van der Waals surface area contributed by atoms with Crippen molar-refractivity contribution in [1.82, 2.24) is 5.32 Å². The predicted molar refractivity (Wildman–Crippen MR) is 67.3 cm³/mol. The van der Waals surface area contributed by atoms with Crippen LogP contribution in [0.3, 0.4) is 0 Å². The summed E-state index contributed by atoms with van der Waals surface area (Å²) in [7, 11) is 0. The third-order valence-electron chi connectivity index (χ3n) is 2.69. The van der Waals surface area contributed by atoms with E-state index >= 15 is 0 Å². The second-order valence-corrected chi connectivity index (χ2v) is 4.25. The van der Waals surface area contributed by atoms with Crippen LogP contribution in [0.2, 0.25) is 0 Å². The van der Waals surface area contributed by atoms with E-state index in [1.165, 1.54) is 13.0 Å². The summed E-state index contributed by atoms with van der Waals surface area (Å²) in [5, 5.41) is 32.4. The van der Waals surface area contributed by atoms with E-state index in [4.69, 9.17) is 0 Å². The quantitative estimate of drug-likeness (QED) is 0.525. The number of nitrogens with zero attached hydrogens (tertiary/aromatic N) is 1. The Morgan fingerprint density at radius 1 is 1.50 bits per heavy atom. The molecule has 0 saturated heterocycles. The summed E-state index contributed by atoms with van der Waals surface area (Å²) in [6.07, 6.45) is -2.54. The van der Waals surface area contributed by atoms with Crippen LogP contribution in [0.1, 0.15) is 25.0 Å². The Labute approximate surface area is 114 Å². The lowest BCUT2D eigenvalue weighted by atomic mass is 10.0. The molecular weight excluding hydrogens is 271 g/mol. The first-order valence-corrected chi connectivity index (χ1v) is 5.87. The molecule has 1 aromatic carbocycles. The first-order valence-electron chi connectivity index (χ1n) is 5.87. The fourth-order valence-corrected chi connectivity index (χ4v) is 1.63. The van der Waals surface area contributed by atoms with Crippen molar-refractivity contribution in [2.75, 3.05) is 6.54 Å². The molecule has 0 aromatic heterocycles. The van der Waals surface area contributed by atoms with Crippen LogP contribution < -0.4 is 5.32 Å². The van der Waals surface area contributed by atoms with Gasteiger partial charge in [-0.25, -0.2) is 0 Å². The number of nitro benzene ring substituents is 1. The number of hydrogen-bond donors (Lipinski definition) is 3. The maximum absolute atomic E-state index is 13.4. The third-order valence-corrected chi connectivity index (χ3v) is 2.69. The van der Waals surface area contributed by atoms with Crippen LogP contribution in [0.5, 0.6) is 0 Å². The number of nitrogens with one attached hydrogen (secondary N) is 1. The van der Waals surface area contributed by atoms with Crippen molar-refractivity contribution in [2.45, 2.75) is 25.6 Å². The number of carbonyl (C=O) groups excluding carboxylic acids is 1. The van der Waals surface area contributed by atoms with Gasteiger partial charge in [-0.15, -0.1) is 0 Å².